The Hall–Kier alpha value is 2.19. The molecule has 0 aliphatic heterocycles. The van der Waals surface area contributed by atoms with Gasteiger partial charge in [-0.3, -0.25) is 0 Å². The van der Waals surface area contributed by atoms with Gasteiger partial charge in [0.05, 0.1) is 0 Å². The van der Waals surface area contributed by atoms with Crippen molar-refractivity contribution in [3.63, 3.8) is 0 Å². The van der Waals surface area contributed by atoms with E-state index in [4.69, 9.17) is 0 Å². The zero-order chi connectivity index (χ0) is 0. The molecule has 0 aromatic heterocycles. The van der Waals surface area contributed by atoms with Gasteiger partial charge in [0, 0.05) is 0 Å². The Morgan fingerprint density at radius 2 is 1.25 bits per heavy atom. The molecular weight excluding hydrogens is 157 g/mol. The summed E-state index contributed by atoms with van der Waals surface area (Å²) in [5, 5.41) is 0. The number of hydrogen-bond donors (Lipinski definition) is 1. The molecule has 0 aromatic rings. The van der Waals surface area contributed by atoms with Gasteiger partial charge in [-0.05, 0) is 11.0 Å². The molecule has 0 heterocycles. The first kappa shape index (κ1) is 34.8. The van der Waals surface area contributed by atoms with Crippen LogP contribution in [0.4, 0.5) is 0 Å². The molecule has 0 aromatic carbocycles. The molecule has 4 heavy (non-hydrogen) atoms. The molecule has 0 bridgehead atoms. The average molecular weight is 169 g/mol. The maximum Gasteiger partial charge on any atom is 2.00 e. The third-order valence-corrected chi connectivity index (χ3v) is 0. The van der Waals surface area contributed by atoms with Crippen molar-refractivity contribution >= 4 is 73.8 Å². The molecule has 26 valence electrons. The summed E-state index contributed by atoms with van der Waals surface area (Å²) in [6.07, 6.45) is 0. The normalized spacial score (nSPS) is 0. The Morgan fingerprint density at radius 1 is 1.25 bits per heavy atom. The van der Waals surface area contributed by atoms with Crippen LogP contribution in [0, 0.1) is 0 Å². The number of rotatable bonds is 0. The first-order valence-electron chi connectivity index (χ1n) is 0. The van der Waals surface area contributed by atoms with Crippen LogP contribution in [-0.4, -0.2) is 73.8 Å². The van der Waals surface area contributed by atoms with Crippen molar-refractivity contribution in [3.8, 4) is 0 Å². The Bertz CT molecular complexity index is 13.5. The van der Waals surface area contributed by atoms with Crippen LogP contribution in [0.2, 0.25) is 0 Å². The molecule has 0 atom stereocenters. The molecule has 0 saturated carbocycles. The van der Waals surface area contributed by atoms with Crippen LogP contribution in [0.15, 0.2) is 0 Å². The molecule has 4 heteroatoms. The van der Waals surface area contributed by atoms with Crippen molar-refractivity contribution in [2.75, 3.05) is 0 Å². The van der Waals surface area contributed by atoms with Crippen molar-refractivity contribution in [1.29, 1.82) is 0 Å². The van der Waals surface area contributed by atoms with Crippen LogP contribution in [0.5, 0.6) is 0 Å². The molecule has 0 spiro atoms. The molecule has 0 aliphatic carbocycles. The van der Waals surface area contributed by atoms with E-state index >= 15 is 0 Å². The van der Waals surface area contributed by atoms with E-state index in [0.29, 0.717) is 0 Å². The van der Waals surface area contributed by atoms with E-state index in [2.05, 4.69) is 0 Å². The summed E-state index contributed by atoms with van der Waals surface area (Å²) in [7, 11) is 0. The second-order valence-electron chi connectivity index (χ2n) is 0. The molecule has 0 radical (unpaired) electrons. The third-order valence-electron chi connectivity index (χ3n) is 0. The van der Waals surface area contributed by atoms with Crippen LogP contribution in [0.25, 0.3) is 0 Å². The van der Waals surface area contributed by atoms with Crippen LogP contribution in [0.1, 0.15) is 2.85 Å². The predicted octanol–water partition coefficient (Wildman–Crippen LogP) is -2.63. The molecule has 0 rings (SSSR count). The minimum atomic E-state index is 0. The maximum atomic E-state index is 0. The van der Waals surface area contributed by atoms with Crippen molar-refractivity contribution in [2.45, 2.75) is 0 Å². The van der Waals surface area contributed by atoms with E-state index in [1.54, 1.807) is 0 Å². The SMILES string of the molecule is N.[AlH3].[H-].[H-].[SiH4].[Sr+2]. The fourth-order valence-electron chi connectivity index (χ4n) is 0. The summed E-state index contributed by atoms with van der Waals surface area (Å²) in [4.78, 5) is 0. The molecule has 0 saturated heterocycles. The Labute approximate surface area is 81.5 Å². The van der Waals surface area contributed by atoms with Gasteiger partial charge in [0.1, 0.15) is 0 Å². The van der Waals surface area contributed by atoms with Gasteiger partial charge < -0.3 is 9.00 Å². The van der Waals surface area contributed by atoms with Crippen LogP contribution in [-0.2, 0) is 0 Å². The van der Waals surface area contributed by atoms with E-state index < -0.39 is 0 Å². The summed E-state index contributed by atoms with van der Waals surface area (Å²) >= 11 is 0. The maximum absolute atomic E-state index is 0. The topological polar surface area (TPSA) is 35.0 Å². The van der Waals surface area contributed by atoms with E-state index in [0.717, 1.165) is 0 Å². The van der Waals surface area contributed by atoms with E-state index in [9.17, 15) is 0 Å². The first-order chi connectivity index (χ1) is 0. The Morgan fingerprint density at radius 3 is 1.25 bits per heavy atom. The summed E-state index contributed by atoms with van der Waals surface area (Å²) in [5.41, 5.74) is 0. The second-order valence-corrected chi connectivity index (χ2v) is 0. The van der Waals surface area contributed by atoms with Gasteiger partial charge in [-0.15, -0.1) is 0 Å². The largest absolute Gasteiger partial charge is 2.00 e. The molecule has 0 unspecified atom stereocenters. The molecular formula is H12AlNSiSr. The summed E-state index contributed by atoms with van der Waals surface area (Å²) in [6, 6.07) is 0. The summed E-state index contributed by atoms with van der Waals surface area (Å²) < 4.78 is 0. The van der Waals surface area contributed by atoms with E-state index in [1.165, 1.54) is 0 Å². The molecule has 0 amide bonds. The van der Waals surface area contributed by atoms with E-state index in [-0.39, 0.29) is 82.8 Å². The number of hydrogen-bond acceptors (Lipinski definition) is 1. The van der Waals surface area contributed by atoms with Crippen LogP contribution >= 0.6 is 0 Å². The fraction of sp³-hybridized carbons (Fsp3) is 0. The average Bonchev–Trinajstić information content (AvgIpc) is 0. The zero-order valence-electron chi connectivity index (χ0n) is 3.41. The molecule has 3 N–H and O–H groups in total. The zero-order valence-corrected chi connectivity index (χ0v) is 4.89. The third kappa shape index (κ3) is 8.89. The fourth-order valence-corrected chi connectivity index (χ4v) is 0. The van der Waals surface area contributed by atoms with Gasteiger partial charge in [0.15, 0.2) is 17.4 Å². The van der Waals surface area contributed by atoms with Gasteiger partial charge >= 0.3 is 45.5 Å². The molecule has 0 aliphatic rings. The smallest absolute Gasteiger partial charge is 1.00 e. The second kappa shape index (κ2) is 19.0. The minimum Gasteiger partial charge on any atom is -1.00 e. The van der Waals surface area contributed by atoms with Crippen molar-refractivity contribution in [1.82, 2.24) is 6.15 Å². The van der Waals surface area contributed by atoms with Crippen LogP contribution < -0.4 is 6.15 Å². The predicted molar refractivity (Wildman–Crippen MR) is 34.3 cm³/mol. The van der Waals surface area contributed by atoms with Gasteiger partial charge in [-0.2, -0.15) is 0 Å². The minimum absolute atomic E-state index is 0. The Balaban J connectivity index is 0. The van der Waals surface area contributed by atoms with E-state index in [1.807, 2.05) is 0 Å². The first-order valence-corrected chi connectivity index (χ1v) is 0. The quantitative estimate of drug-likeness (QED) is 0.395. The molecule has 1 nitrogen and oxygen atoms in total. The summed E-state index contributed by atoms with van der Waals surface area (Å²) in [5.74, 6) is 0. The van der Waals surface area contributed by atoms with Crippen molar-refractivity contribution < 1.29 is 2.85 Å². The van der Waals surface area contributed by atoms with Crippen molar-refractivity contribution in [2.24, 2.45) is 0 Å². The van der Waals surface area contributed by atoms with Crippen LogP contribution in [0.3, 0.4) is 0 Å². The van der Waals surface area contributed by atoms with Gasteiger partial charge in [-0.1, -0.05) is 0 Å². The molecule has 0 fully saturated rings. The standard InChI is InChI=1S/Al.H3N.H4Si.Sr.5H/h;1H3;1H4;;;;;;/q;;;+2;;;;2*-1. The summed E-state index contributed by atoms with van der Waals surface area (Å²) in [6.45, 7) is 0. The monoisotopic (exact) mass is 169 g/mol. The van der Waals surface area contributed by atoms with Crippen molar-refractivity contribution in [3.05, 3.63) is 0 Å². The van der Waals surface area contributed by atoms with Gasteiger partial charge in [-0.25, -0.2) is 0 Å². The van der Waals surface area contributed by atoms with Gasteiger partial charge in [0.25, 0.3) is 0 Å². The van der Waals surface area contributed by atoms with Gasteiger partial charge in [0.2, 0.25) is 0 Å². The Kier molecular flexibility index (Phi) is 165.